The topological polar surface area (TPSA) is 119 Å². The first-order valence-corrected chi connectivity index (χ1v) is 4.98. The van der Waals surface area contributed by atoms with Crippen molar-refractivity contribution in [3.05, 3.63) is 40.5 Å². The van der Waals surface area contributed by atoms with Gasteiger partial charge in [-0.2, -0.15) is 0 Å². The zero-order chi connectivity index (χ0) is 14.4. The molecule has 1 rings (SSSR count). The molecular weight excluding hydrogens is 256 g/mol. The number of amides is 1. The van der Waals surface area contributed by atoms with E-state index in [4.69, 9.17) is 9.84 Å². The summed E-state index contributed by atoms with van der Waals surface area (Å²) in [7, 11) is 1.35. The Labute approximate surface area is 107 Å². The summed E-state index contributed by atoms with van der Waals surface area (Å²) >= 11 is 0. The summed E-state index contributed by atoms with van der Waals surface area (Å²) in [5.41, 5.74) is -0.401. The highest BCUT2D eigenvalue weighted by atomic mass is 16.6. The van der Waals surface area contributed by atoms with Crippen molar-refractivity contribution in [3.63, 3.8) is 0 Å². The van der Waals surface area contributed by atoms with Crippen molar-refractivity contribution in [2.45, 2.75) is 0 Å². The number of aliphatic carboxylic acids is 1. The van der Waals surface area contributed by atoms with Gasteiger partial charge in [-0.05, 0) is 12.1 Å². The third-order valence-corrected chi connectivity index (χ3v) is 2.04. The van der Waals surface area contributed by atoms with Crippen molar-refractivity contribution in [1.29, 1.82) is 0 Å². The zero-order valence-corrected chi connectivity index (χ0v) is 9.82. The fourth-order valence-electron chi connectivity index (χ4n) is 1.22. The summed E-state index contributed by atoms with van der Waals surface area (Å²) < 4.78 is 4.84. The lowest BCUT2D eigenvalue weighted by Gasteiger charge is -2.05. The van der Waals surface area contributed by atoms with Gasteiger partial charge in [-0.25, -0.2) is 4.79 Å². The summed E-state index contributed by atoms with van der Waals surface area (Å²) in [6, 6.07) is 3.88. The van der Waals surface area contributed by atoms with Crippen molar-refractivity contribution in [1.82, 2.24) is 0 Å². The minimum atomic E-state index is -1.29. The van der Waals surface area contributed by atoms with Crippen LogP contribution in [0.5, 0.6) is 5.75 Å². The number of anilines is 1. The fraction of sp³-hybridized carbons (Fsp3) is 0.0909. The molecule has 0 aromatic heterocycles. The highest BCUT2D eigenvalue weighted by Gasteiger charge is 2.16. The number of methoxy groups -OCH3 is 1. The first-order valence-electron chi connectivity index (χ1n) is 4.98. The van der Waals surface area contributed by atoms with E-state index < -0.39 is 16.8 Å². The molecule has 0 spiro atoms. The van der Waals surface area contributed by atoms with E-state index >= 15 is 0 Å². The summed E-state index contributed by atoms with van der Waals surface area (Å²) in [6.45, 7) is 0. The fourth-order valence-corrected chi connectivity index (χ4v) is 1.22. The van der Waals surface area contributed by atoms with E-state index in [0.29, 0.717) is 6.08 Å². The number of carboxylic acids is 1. The predicted molar refractivity (Wildman–Crippen MR) is 65.1 cm³/mol. The molecule has 0 aliphatic rings. The molecular formula is C11H10N2O6. The first-order chi connectivity index (χ1) is 8.93. The van der Waals surface area contributed by atoms with E-state index in [9.17, 15) is 19.7 Å². The van der Waals surface area contributed by atoms with Gasteiger partial charge >= 0.3 is 5.97 Å². The maximum Gasteiger partial charge on any atom is 0.328 e. The van der Waals surface area contributed by atoms with Crippen LogP contribution in [0.1, 0.15) is 0 Å². The summed E-state index contributed by atoms with van der Waals surface area (Å²) in [6.07, 6.45) is 1.39. The number of carbonyl (C=O) groups is 2. The van der Waals surface area contributed by atoms with Crippen LogP contribution < -0.4 is 10.1 Å². The quantitative estimate of drug-likeness (QED) is 0.469. The number of rotatable bonds is 5. The number of nitro groups is 1. The number of hydrogen-bond acceptors (Lipinski definition) is 5. The third-order valence-electron chi connectivity index (χ3n) is 2.04. The van der Waals surface area contributed by atoms with E-state index in [2.05, 4.69) is 5.32 Å². The number of benzene rings is 1. The molecule has 1 amide bonds. The average Bonchev–Trinajstić information content (AvgIpc) is 2.36. The van der Waals surface area contributed by atoms with Gasteiger partial charge < -0.3 is 15.2 Å². The van der Waals surface area contributed by atoms with Crippen LogP contribution in [0.3, 0.4) is 0 Å². The molecule has 1 aromatic carbocycles. The lowest BCUT2D eigenvalue weighted by molar-refractivity contribution is -0.384. The van der Waals surface area contributed by atoms with Gasteiger partial charge in [0.1, 0.15) is 11.4 Å². The Morgan fingerprint density at radius 2 is 2.11 bits per heavy atom. The van der Waals surface area contributed by atoms with Gasteiger partial charge in [-0.3, -0.25) is 14.9 Å². The van der Waals surface area contributed by atoms with E-state index in [1.54, 1.807) is 0 Å². The molecule has 8 heteroatoms. The van der Waals surface area contributed by atoms with E-state index in [-0.39, 0.29) is 17.1 Å². The number of carbonyl (C=O) groups excluding carboxylic acids is 1. The number of nitrogens with zero attached hydrogens (tertiary/aromatic N) is 1. The largest absolute Gasteiger partial charge is 0.496 e. The first kappa shape index (κ1) is 14.2. The van der Waals surface area contributed by atoms with Gasteiger partial charge in [0.15, 0.2) is 0 Å². The molecule has 0 saturated heterocycles. The predicted octanol–water partition coefficient (Wildman–Crippen LogP) is 1.18. The number of nitro benzene ring substituents is 1. The van der Waals surface area contributed by atoms with Crippen LogP contribution in [0.4, 0.5) is 11.4 Å². The van der Waals surface area contributed by atoms with Crippen LogP contribution in [-0.4, -0.2) is 29.0 Å². The average molecular weight is 266 g/mol. The van der Waals surface area contributed by atoms with Crippen molar-refractivity contribution in [3.8, 4) is 5.75 Å². The lowest BCUT2D eigenvalue weighted by Crippen LogP contribution is -2.10. The number of carboxylic acid groups (broad SMARTS) is 1. The van der Waals surface area contributed by atoms with Gasteiger partial charge in [-0.15, -0.1) is 0 Å². The second kappa shape index (κ2) is 6.15. The van der Waals surface area contributed by atoms with Gasteiger partial charge in [0.05, 0.1) is 18.1 Å². The standard InChI is InChI=1S/C11H10N2O6/c1-19-7-2-3-8(9(6-7)13(17)18)12-10(14)4-5-11(15)16/h2-6H,1H3,(H,12,14)(H,15,16)/b5-4+. The monoisotopic (exact) mass is 266 g/mol. The highest BCUT2D eigenvalue weighted by molar-refractivity contribution is 6.03. The zero-order valence-electron chi connectivity index (χ0n) is 9.82. The molecule has 0 unspecified atom stereocenters. The summed E-state index contributed by atoms with van der Waals surface area (Å²) in [4.78, 5) is 31.7. The lowest BCUT2D eigenvalue weighted by atomic mass is 10.2. The molecule has 2 N–H and O–H groups in total. The second-order valence-electron chi connectivity index (χ2n) is 3.30. The Morgan fingerprint density at radius 1 is 1.42 bits per heavy atom. The van der Waals surface area contributed by atoms with Gasteiger partial charge in [-0.1, -0.05) is 0 Å². The smallest absolute Gasteiger partial charge is 0.328 e. The van der Waals surface area contributed by atoms with Gasteiger partial charge in [0, 0.05) is 12.2 Å². The molecule has 0 aliphatic carbocycles. The second-order valence-corrected chi connectivity index (χ2v) is 3.30. The minimum absolute atomic E-state index is 0.0501. The molecule has 1 aromatic rings. The van der Waals surface area contributed by atoms with Crippen LogP contribution in [0.25, 0.3) is 0 Å². The summed E-state index contributed by atoms with van der Waals surface area (Å²) in [5.74, 6) is -1.80. The molecule has 0 fully saturated rings. The van der Waals surface area contributed by atoms with Gasteiger partial charge in [0.25, 0.3) is 5.69 Å². The summed E-state index contributed by atoms with van der Waals surface area (Å²) in [5, 5.41) is 21.4. The van der Waals surface area contributed by atoms with Gasteiger partial charge in [0.2, 0.25) is 5.91 Å². The SMILES string of the molecule is COc1ccc(NC(=O)/C=C/C(=O)O)c([N+](=O)[O-])c1. The maximum absolute atomic E-state index is 11.3. The van der Waals surface area contributed by atoms with Crippen LogP contribution in [-0.2, 0) is 9.59 Å². The normalized spacial score (nSPS) is 10.2. The highest BCUT2D eigenvalue weighted by Crippen LogP contribution is 2.28. The van der Waals surface area contributed by atoms with Crippen LogP contribution in [0, 0.1) is 10.1 Å². The van der Waals surface area contributed by atoms with Crippen LogP contribution in [0.15, 0.2) is 30.4 Å². The Balaban J connectivity index is 2.97. The molecule has 0 atom stereocenters. The van der Waals surface area contributed by atoms with E-state index in [1.807, 2.05) is 0 Å². The third kappa shape index (κ3) is 4.11. The van der Waals surface area contributed by atoms with Crippen molar-refractivity contribution < 1.29 is 24.4 Å². The van der Waals surface area contributed by atoms with Crippen molar-refractivity contribution in [2.75, 3.05) is 12.4 Å². The Bertz CT molecular complexity index is 552. The molecule has 100 valence electrons. The molecule has 8 nitrogen and oxygen atoms in total. The Morgan fingerprint density at radius 3 is 2.63 bits per heavy atom. The minimum Gasteiger partial charge on any atom is -0.496 e. The van der Waals surface area contributed by atoms with E-state index in [1.165, 1.54) is 19.2 Å². The van der Waals surface area contributed by atoms with Crippen LogP contribution >= 0.6 is 0 Å². The maximum atomic E-state index is 11.3. The van der Waals surface area contributed by atoms with E-state index in [0.717, 1.165) is 12.1 Å². The number of hydrogen-bond donors (Lipinski definition) is 2. The molecule has 0 saturated carbocycles. The number of nitrogens with one attached hydrogen (secondary N) is 1. The van der Waals surface area contributed by atoms with Crippen molar-refractivity contribution in [2.24, 2.45) is 0 Å². The molecule has 0 heterocycles. The molecule has 0 aliphatic heterocycles. The molecule has 19 heavy (non-hydrogen) atoms. The van der Waals surface area contributed by atoms with Crippen molar-refractivity contribution >= 4 is 23.3 Å². The number of ether oxygens (including phenoxy) is 1. The Hall–Kier alpha value is -2.90. The van der Waals surface area contributed by atoms with Crippen LogP contribution in [0.2, 0.25) is 0 Å². The molecule has 0 bridgehead atoms. The molecule has 0 radical (unpaired) electrons. The Kier molecular flexibility index (Phi) is 4.58.